The number of nitrogens with zero attached hydrogens (tertiary/aromatic N) is 1. The van der Waals surface area contributed by atoms with Crippen LogP contribution >= 0.6 is 0 Å². The first-order valence-corrected chi connectivity index (χ1v) is 6.82. The highest BCUT2D eigenvalue weighted by Gasteiger charge is 1.97. The van der Waals surface area contributed by atoms with Gasteiger partial charge in [-0.05, 0) is 49.2 Å². The van der Waals surface area contributed by atoms with Crippen LogP contribution in [0.3, 0.4) is 0 Å². The molecule has 0 saturated heterocycles. The van der Waals surface area contributed by atoms with Gasteiger partial charge in [0.15, 0.2) is 0 Å². The van der Waals surface area contributed by atoms with Gasteiger partial charge in [-0.3, -0.25) is 0 Å². The van der Waals surface area contributed by atoms with Crippen LogP contribution in [0.1, 0.15) is 19.3 Å². The molecule has 0 radical (unpaired) electrons. The first-order chi connectivity index (χ1) is 9.88. The summed E-state index contributed by atoms with van der Waals surface area (Å²) in [5.74, 6) is 1.66. The minimum Gasteiger partial charge on any atom is -0.457 e. The normalized spacial score (nSPS) is 9.75. The summed E-state index contributed by atoms with van der Waals surface area (Å²) in [4.78, 5) is 0. The quantitative estimate of drug-likeness (QED) is 0.746. The molecule has 0 atom stereocenters. The molecule has 0 saturated carbocycles. The Hall–Kier alpha value is -2.47. The van der Waals surface area contributed by atoms with Gasteiger partial charge in [-0.25, -0.2) is 0 Å². The zero-order chi connectivity index (χ0) is 14.0. The summed E-state index contributed by atoms with van der Waals surface area (Å²) in [7, 11) is 0. The summed E-state index contributed by atoms with van der Waals surface area (Å²) in [5.41, 5.74) is 1.07. The van der Waals surface area contributed by atoms with Crippen molar-refractivity contribution in [1.82, 2.24) is 0 Å². The van der Waals surface area contributed by atoms with Crippen molar-refractivity contribution in [2.45, 2.75) is 19.3 Å². The average molecular weight is 266 g/mol. The second-order valence-corrected chi connectivity index (χ2v) is 4.48. The lowest BCUT2D eigenvalue weighted by Gasteiger charge is -2.08. The van der Waals surface area contributed by atoms with E-state index >= 15 is 0 Å². The van der Waals surface area contributed by atoms with Gasteiger partial charge < -0.3 is 10.1 Å². The van der Waals surface area contributed by atoms with E-state index in [9.17, 15) is 0 Å². The Labute approximate surface area is 119 Å². The van der Waals surface area contributed by atoms with Crippen LogP contribution in [0.15, 0.2) is 54.6 Å². The van der Waals surface area contributed by atoms with Crippen molar-refractivity contribution in [3.8, 4) is 17.6 Å². The summed E-state index contributed by atoms with van der Waals surface area (Å²) >= 11 is 0. The van der Waals surface area contributed by atoms with Gasteiger partial charge in [0, 0.05) is 18.7 Å². The number of nitriles is 1. The van der Waals surface area contributed by atoms with Gasteiger partial charge in [-0.1, -0.05) is 18.2 Å². The lowest BCUT2D eigenvalue weighted by molar-refractivity contribution is 0.483. The van der Waals surface area contributed by atoms with Crippen LogP contribution in [0.5, 0.6) is 11.5 Å². The molecule has 102 valence electrons. The SMILES string of the molecule is N#CCCCCNc1ccc(Oc2ccccc2)cc1. The van der Waals surface area contributed by atoms with Gasteiger partial charge in [-0.2, -0.15) is 5.26 Å². The molecule has 2 aromatic carbocycles. The Kier molecular flexibility index (Phi) is 5.48. The zero-order valence-electron chi connectivity index (χ0n) is 11.4. The fourth-order valence-corrected chi connectivity index (χ4v) is 1.83. The largest absolute Gasteiger partial charge is 0.457 e. The van der Waals surface area contributed by atoms with Crippen molar-refractivity contribution in [3.05, 3.63) is 54.6 Å². The van der Waals surface area contributed by atoms with E-state index in [1.165, 1.54) is 0 Å². The highest BCUT2D eigenvalue weighted by atomic mass is 16.5. The fraction of sp³-hybridized carbons (Fsp3) is 0.235. The van der Waals surface area contributed by atoms with Gasteiger partial charge in [0.05, 0.1) is 6.07 Å². The maximum Gasteiger partial charge on any atom is 0.127 e. The van der Waals surface area contributed by atoms with Crippen LogP contribution in [-0.2, 0) is 0 Å². The van der Waals surface area contributed by atoms with Gasteiger partial charge >= 0.3 is 0 Å². The van der Waals surface area contributed by atoms with E-state index in [0.29, 0.717) is 6.42 Å². The summed E-state index contributed by atoms with van der Waals surface area (Å²) in [6.45, 7) is 0.889. The molecule has 3 heteroatoms. The van der Waals surface area contributed by atoms with Crippen LogP contribution < -0.4 is 10.1 Å². The number of nitrogens with one attached hydrogen (secondary N) is 1. The van der Waals surface area contributed by atoms with Crippen molar-refractivity contribution in [2.75, 3.05) is 11.9 Å². The highest BCUT2D eigenvalue weighted by Crippen LogP contribution is 2.22. The molecule has 0 aliphatic carbocycles. The first kappa shape index (κ1) is 14.0. The summed E-state index contributed by atoms with van der Waals surface area (Å²) in [6, 6.07) is 19.8. The minimum atomic E-state index is 0.630. The van der Waals surface area contributed by atoms with E-state index in [1.54, 1.807) is 0 Å². The average Bonchev–Trinajstić information content (AvgIpc) is 2.50. The number of benzene rings is 2. The highest BCUT2D eigenvalue weighted by molar-refractivity contribution is 5.47. The number of hydrogen-bond donors (Lipinski definition) is 1. The third kappa shape index (κ3) is 4.66. The third-order valence-corrected chi connectivity index (χ3v) is 2.88. The molecule has 0 fully saturated rings. The molecule has 0 amide bonds. The summed E-state index contributed by atoms with van der Waals surface area (Å²) < 4.78 is 5.73. The standard InChI is InChI=1S/C17H18N2O/c18-13-5-2-6-14-19-15-9-11-17(12-10-15)20-16-7-3-1-4-8-16/h1,3-4,7-12,19H,2,5-6,14H2. The maximum atomic E-state index is 8.45. The lowest BCUT2D eigenvalue weighted by Crippen LogP contribution is -2.00. The molecule has 1 N–H and O–H groups in total. The van der Waals surface area contributed by atoms with E-state index < -0.39 is 0 Å². The van der Waals surface area contributed by atoms with E-state index in [2.05, 4.69) is 11.4 Å². The Morgan fingerprint density at radius 2 is 1.60 bits per heavy atom. The van der Waals surface area contributed by atoms with E-state index in [1.807, 2.05) is 54.6 Å². The fourth-order valence-electron chi connectivity index (χ4n) is 1.83. The van der Waals surface area contributed by atoms with Crippen LogP contribution in [0.25, 0.3) is 0 Å². The van der Waals surface area contributed by atoms with Gasteiger partial charge in [0.2, 0.25) is 0 Å². The molecular formula is C17H18N2O. The van der Waals surface area contributed by atoms with Crippen LogP contribution in [-0.4, -0.2) is 6.54 Å². The predicted molar refractivity (Wildman–Crippen MR) is 80.9 cm³/mol. The van der Waals surface area contributed by atoms with Gasteiger partial charge in [0.1, 0.15) is 11.5 Å². The van der Waals surface area contributed by atoms with Gasteiger partial charge in [-0.15, -0.1) is 0 Å². The molecule has 2 rings (SSSR count). The number of rotatable bonds is 7. The Morgan fingerprint density at radius 3 is 2.30 bits per heavy atom. The van der Waals surface area contributed by atoms with E-state index in [0.717, 1.165) is 36.6 Å². The predicted octanol–water partition coefficient (Wildman–Crippen LogP) is 4.58. The smallest absolute Gasteiger partial charge is 0.127 e. The monoisotopic (exact) mass is 266 g/mol. The molecule has 0 aliphatic heterocycles. The molecular weight excluding hydrogens is 248 g/mol. The molecule has 0 aromatic heterocycles. The second kappa shape index (κ2) is 7.85. The van der Waals surface area contributed by atoms with Crippen molar-refractivity contribution < 1.29 is 4.74 Å². The molecule has 0 bridgehead atoms. The van der Waals surface area contributed by atoms with Crippen molar-refractivity contribution in [1.29, 1.82) is 5.26 Å². The van der Waals surface area contributed by atoms with Crippen molar-refractivity contribution >= 4 is 5.69 Å². The van der Waals surface area contributed by atoms with E-state index in [-0.39, 0.29) is 0 Å². The maximum absolute atomic E-state index is 8.45. The molecule has 0 heterocycles. The Bertz CT molecular complexity index is 543. The zero-order valence-corrected chi connectivity index (χ0v) is 11.4. The summed E-state index contributed by atoms with van der Waals surface area (Å²) in [5, 5.41) is 11.8. The molecule has 0 aliphatic rings. The number of hydrogen-bond acceptors (Lipinski definition) is 3. The van der Waals surface area contributed by atoms with E-state index in [4.69, 9.17) is 10.00 Å². The van der Waals surface area contributed by atoms with Crippen LogP contribution in [0.2, 0.25) is 0 Å². The number of unbranched alkanes of at least 4 members (excludes halogenated alkanes) is 2. The van der Waals surface area contributed by atoms with Crippen molar-refractivity contribution in [2.24, 2.45) is 0 Å². The number of ether oxygens (including phenoxy) is 1. The minimum absolute atomic E-state index is 0.630. The number of anilines is 1. The molecule has 20 heavy (non-hydrogen) atoms. The molecule has 0 spiro atoms. The second-order valence-electron chi connectivity index (χ2n) is 4.48. The Morgan fingerprint density at radius 1 is 0.900 bits per heavy atom. The Balaban J connectivity index is 1.79. The van der Waals surface area contributed by atoms with Crippen molar-refractivity contribution in [3.63, 3.8) is 0 Å². The van der Waals surface area contributed by atoms with Gasteiger partial charge in [0.25, 0.3) is 0 Å². The topological polar surface area (TPSA) is 45.0 Å². The molecule has 2 aromatic rings. The molecule has 3 nitrogen and oxygen atoms in total. The summed E-state index contributed by atoms with van der Waals surface area (Å²) in [6.07, 6.45) is 2.58. The number of para-hydroxylation sites is 1. The van der Waals surface area contributed by atoms with Crippen LogP contribution in [0, 0.1) is 11.3 Å². The third-order valence-electron chi connectivity index (χ3n) is 2.88. The molecule has 0 unspecified atom stereocenters. The van der Waals surface area contributed by atoms with Crippen LogP contribution in [0.4, 0.5) is 5.69 Å². The first-order valence-electron chi connectivity index (χ1n) is 6.82. The lowest BCUT2D eigenvalue weighted by atomic mass is 10.2.